The molecule has 7 heteroatoms. The van der Waals surface area contributed by atoms with Crippen LogP contribution in [0.1, 0.15) is 77.8 Å². The molecular weight excluding hydrogens is 422 g/mol. The van der Waals surface area contributed by atoms with Crippen LogP contribution in [0.15, 0.2) is 57.7 Å². The Morgan fingerprint density at radius 1 is 0.938 bits per heavy atom. The number of para-hydroxylation sites is 1. The Morgan fingerprint density at radius 3 is 2.31 bits per heavy atom. The summed E-state index contributed by atoms with van der Waals surface area (Å²) in [5.41, 5.74) is 2.59. The fourth-order valence-electron chi connectivity index (χ4n) is 4.05. The average Bonchev–Trinajstić information content (AvgIpc) is 3.38. The van der Waals surface area contributed by atoms with E-state index in [1.165, 1.54) is 16.9 Å². The summed E-state index contributed by atoms with van der Waals surface area (Å²) in [6.45, 7) is 8.33. The summed E-state index contributed by atoms with van der Waals surface area (Å²) < 4.78 is 5.98. The quantitative estimate of drug-likeness (QED) is 0.406. The normalized spacial score (nSPS) is 15.9. The van der Waals surface area contributed by atoms with E-state index in [2.05, 4.69) is 24.0 Å². The number of amides is 1. The smallest absolute Gasteiger partial charge is 0.297 e. The molecule has 0 radical (unpaired) electrons. The Balaban J connectivity index is 1.75. The lowest BCUT2D eigenvalue weighted by molar-refractivity contribution is 0.0970. The van der Waals surface area contributed by atoms with Gasteiger partial charge < -0.3 is 4.42 Å². The van der Waals surface area contributed by atoms with Crippen molar-refractivity contribution < 1.29 is 9.21 Å². The molecule has 0 unspecified atom stereocenters. The van der Waals surface area contributed by atoms with Crippen molar-refractivity contribution in [1.82, 2.24) is 10.2 Å². The lowest BCUT2D eigenvalue weighted by Gasteiger charge is -2.22. The summed E-state index contributed by atoms with van der Waals surface area (Å²) in [5.74, 6) is 0.274. The fraction of sp³-hybridized carbons (Fsp3) is 0.280. The summed E-state index contributed by atoms with van der Waals surface area (Å²) in [4.78, 5) is 28.7. The molecule has 1 atom stereocenters. The first kappa shape index (κ1) is 20.6. The highest BCUT2D eigenvalue weighted by Gasteiger charge is 2.45. The van der Waals surface area contributed by atoms with Crippen LogP contribution in [0.5, 0.6) is 0 Å². The SMILES string of the molecule is CC(C)c1ccc([C@H]2c3c(oc4ccccc4c3=O)C(=O)N2c2nnc(C(C)C)s2)cc1. The molecule has 0 saturated heterocycles. The highest BCUT2D eigenvalue weighted by Crippen LogP contribution is 2.42. The molecule has 0 fully saturated rings. The van der Waals surface area contributed by atoms with Crippen molar-refractivity contribution in [2.24, 2.45) is 0 Å². The summed E-state index contributed by atoms with van der Waals surface area (Å²) >= 11 is 1.37. The molecule has 3 heterocycles. The van der Waals surface area contributed by atoms with Crippen LogP contribution in [-0.2, 0) is 0 Å². The number of hydrogen-bond acceptors (Lipinski definition) is 6. The van der Waals surface area contributed by atoms with E-state index in [0.29, 0.717) is 27.6 Å². The summed E-state index contributed by atoms with van der Waals surface area (Å²) in [5, 5.41) is 10.3. The minimum atomic E-state index is -0.618. The molecule has 32 heavy (non-hydrogen) atoms. The molecule has 0 N–H and O–H groups in total. The van der Waals surface area contributed by atoms with Gasteiger partial charge in [0.1, 0.15) is 10.6 Å². The zero-order chi connectivity index (χ0) is 22.6. The first-order valence-electron chi connectivity index (χ1n) is 10.7. The van der Waals surface area contributed by atoms with Crippen LogP contribution in [0.2, 0.25) is 0 Å². The number of benzene rings is 2. The molecule has 1 aliphatic rings. The van der Waals surface area contributed by atoms with Crippen molar-refractivity contribution in [3.8, 4) is 0 Å². The molecule has 1 amide bonds. The highest BCUT2D eigenvalue weighted by atomic mass is 32.1. The van der Waals surface area contributed by atoms with Crippen LogP contribution >= 0.6 is 11.3 Å². The van der Waals surface area contributed by atoms with Crippen molar-refractivity contribution in [3.63, 3.8) is 0 Å². The van der Waals surface area contributed by atoms with Crippen molar-refractivity contribution in [2.75, 3.05) is 4.90 Å². The van der Waals surface area contributed by atoms with Gasteiger partial charge in [-0.2, -0.15) is 0 Å². The first-order chi connectivity index (χ1) is 15.4. The molecule has 162 valence electrons. The van der Waals surface area contributed by atoms with Gasteiger partial charge in [0, 0.05) is 5.92 Å². The van der Waals surface area contributed by atoms with E-state index in [4.69, 9.17) is 4.42 Å². The Hall–Kier alpha value is -3.32. The molecule has 1 aliphatic heterocycles. The van der Waals surface area contributed by atoms with Gasteiger partial charge in [-0.05, 0) is 29.2 Å². The van der Waals surface area contributed by atoms with Crippen molar-refractivity contribution in [3.05, 3.63) is 86.2 Å². The number of carbonyl (C=O) groups is 1. The van der Waals surface area contributed by atoms with E-state index in [1.807, 2.05) is 38.1 Å². The molecule has 6 nitrogen and oxygen atoms in total. The van der Waals surface area contributed by atoms with Gasteiger partial charge in [0.15, 0.2) is 5.43 Å². The number of anilines is 1. The van der Waals surface area contributed by atoms with Gasteiger partial charge in [-0.25, -0.2) is 0 Å². The maximum Gasteiger partial charge on any atom is 0.297 e. The van der Waals surface area contributed by atoms with Crippen LogP contribution in [0.4, 0.5) is 5.13 Å². The number of rotatable bonds is 4. The van der Waals surface area contributed by atoms with Crippen LogP contribution in [0.25, 0.3) is 11.0 Å². The minimum absolute atomic E-state index is 0.0768. The zero-order valence-corrected chi connectivity index (χ0v) is 19.1. The third kappa shape index (κ3) is 3.15. The number of hydrogen-bond donors (Lipinski definition) is 0. The van der Waals surface area contributed by atoms with Gasteiger partial charge in [0.2, 0.25) is 10.9 Å². The largest absolute Gasteiger partial charge is 0.450 e. The van der Waals surface area contributed by atoms with Crippen molar-refractivity contribution in [1.29, 1.82) is 0 Å². The average molecular weight is 446 g/mol. The van der Waals surface area contributed by atoms with E-state index < -0.39 is 6.04 Å². The lowest BCUT2D eigenvalue weighted by atomic mass is 9.95. The Morgan fingerprint density at radius 2 is 1.66 bits per heavy atom. The highest BCUT2D eigenvalue weighted by molar-refractivity contribution is 7.15. The Bertz CT molecular complexity index is 1390. The van der Waals surface area contributed by atoms with Gasteiger partial charge in [-0.1, -0.05) is 75.4 Å². The summed E-state index contributed by atoms with van der Waals surface area (Å²) in [6, 6.07) is 14.5. The second-order valence-corrected chi connectivity index (χ2v) is 9.63. The topological polar surface area (TPSA) is 76.3 Å². The fourth-order valence-corrected chi connectivity index (χ4v) is 4.93. The van der Waals surface area contributed by atoms with Crippen LogP contribution in [-0.4, -0.2) is 16.1 Å². The van der Waals surface area contributed by atoms with Crippen molar-refractivity contribution >= 4 is 33.3 Å². The molecular formula is C25H23N3O3S. The molecule has 5 rings (SSSR count). The van der Waals surface area contributed by atoms with Crippen LogP contribution < -0.4 is 10.3 Å². The predicted octanol–water partition coefficient (Wildman–Crippen LogP) is 5.64. The lowest BCUT2D eigenvalue weighted by Crippen LogP contribution is -2.29. The molecule has 0 aliphatic carbocycles. The summed E-state index contributed by atoms with van der Waals surface area (Å²) in [6.07, 6.45) is 0. The third-order valence-electron chi connectivity index (χ3n) is 5.83. The van der Waals surface area contributed by atoms with Crippen LogP contribution in [0, 0.1) is 0 Å². The second-order valence-electron chi connectivity index (χ2n) is 8.65. The molecule has 0 bridgehead atoms. The summed E-state index contributed by atoms with van der Waals surface area (Å²) in [7, 11) is 0. The number of nitrogens with zero attached hydrogens (tertiary/aromatic N) is 3. The minimum Gasteiger partial charge on any atom is -0.450 e. The van der Waals surface area contributed by atoms with E-state index >= 15 is 0 Å². The van der Waals surface area contributed by atoms with Gasteiger partial charge in [-0.15, -0.1) is 10.2 Å². The van der Waals surface area contributed by atoms with E-state index in [-0.39, 0.29) is 23.0 Å². The van der Waals surface area contributed by atoms with E-state index in [9.17, 15) is 9.59 Å². The second kappa shape index (κ2) is 7.67. The first-order valence-corrected chi connectivity index (χ1v) is 11.5. The standard InChI is InChI=1S/C25H23N3O3S/c1-13(2)15-9-11-16(12-10-15)20-19-21(29)17-7-5-6-8-18(17)31-22(19)24(30)28(20)25-27-26-23(32-25)14(3)4/h5-14,20H,1-4H3/t20-/m0/s1. The van der Waals surface area contributed by atoms with E-state index in [0.717, 1.165) is 10.6 Å². The third-order valence-corrected chi connectivity index (χ3v) is 7.05. The number of carbonyl (C=O) groups excluding carboxylic acids is 1. The maximum atomic E-state index is 13.6. The molecule has 4 aromatic rings. The molecule has 0 spiro atoms. The van der Waals surface area contributed by atoms with Gasteiger partial charge >= 0.3 is 0 Å². The van der Waals surface area contributed by atoms with Gasteiger partial charge in [0.25, 0.3) is 5.91 Å². The Labute approximate surface area is 189 Å². The van der Waals surface area contributed by atoms with Gasteiger partial charge in [-0.3, -0.25) is 14.5 Å². The molecule has 2 aromatic heterocycles. The predicted molar refractivity (Wildman–Crippen MR) is 126 cm³/mol. The maximum absolute atomic E-state index is 13.6. The zero-order valence-electron chi connectivity index (χ0n) is 18.3. The van der Waals surface area contributed by atoms with Crippen molar-refractivity contribution in [2.45, 2.75) is 45.6 Å². The molecule has 2 aromatic carbocycles. The van der Waals surface area contributed by atoms with Gasteiger partial charge in [0.05, 0.1) is 17.0 Å². The molecule has 0 saturated carbocycles. The number of fused-ring (bicyclic) bond motifs is 2. The Kier molecular flexibility index (Phi) is 4.93. The monoisotopic (exact) mass is 445 g/mol. The van der Waals surface area contributed by atoms with Crippen LogP contribution in [0.3, 0.4) is 0 Å². The van der Waals surface area contributed by atoms with E-state index in [1.54, 1.807) is 29.2 Å². The number of aromatic nitrogens is 2.